The van der Waals surface area contributed by atoms with Gasteiger partial charge in [-0.2, -0.15) is 5.10 Å². The molecule has 1 heterocycles. The van der Waals surface area contributed by atoms with Crippen LogP contribution >= 0.6 is 0 Å². The molecule has 1 aromatic heterocycles. The average Bonchev–Trinajstić information content (AvgIpc) is 2.85. The number of aromatic nitrogens is 2. The van der Waals surface area contributed by atoms with Gasteiger partial charge in [-0.15, -0.1) is 0 Å². The molecular weight excluding hydrogens is 283 g/mol. The lowest BCUT2D eigenvalue weighted by atomic mass is 10.2. The first-order chi connectivity index (χ1) is 10.5. The Hall–Kier alpha value is -2.21. The highest BCUT2D eigenvalue weighted by Crippen LogP contribution is 2.16. The van der Waals surface area contributed by atoms with Crippen molar-refractivity contribution in [2.24, 2.45) is 0 Å². The van der Waals surface area contributed by atoms with Gasteiger partial charge in [0.2, 0.25) is 0 Å². The van der Waals surface area contributed by atoms with E-state index in [9.17, 15) is 9.18 Å². The summed E-state index contributed by atoms with van der Waals surface area (Å²) in [5.41, 5.74) is 1.43. The maximum Gasteiger partial charge on any atom is 0.254 e. The Balaban J connectivity index is 2.08. The Morgan fingerprint density at radius 1 is 1.36 bits per heavy atom. The molecule has 1 N–H and O–H groups in total. The molecule has 0 atom stereocenters. The maximum atomic E-state index is 13.8. The second kappa shape index (κ2) is 7.17. The van der Waals surface area contributed by atoms with Gasteiger partial charge in [-0.1, -0.05) is 12.1 Å². The minimum atomic E-state index is -0.369. The number of halogens is 1. The molecule has 0 bridgehead atoms. The normalized spacial score (nSPS) is 11.0. The van der Waals surface area contributed by atoms with Crippen molar-refractivity contribution in [2.75, 3.05) is 27.2 Å². The third kappa shape index (κ3) is 3.71. The molecule has 2 rings (SSSR count). The van der Waals surface area contributed by atoms with Gasteiger partial charge in [-0.3, -0.25) is 4.79 Å². The van der Waals surface area contributed by atoms with E-state index >= 15 is 0 Å². The van der Waals surface area contributed by atoms with Crippen molar-refractivity contribution in [1.82, 2.24) is 20.0 Å². The Bertz CT molecular complexity index is 651. The van der Waals surface area contributed by atoms with Crippen LogP contribution in [-0.4, -0.2) is 47.8 Å². The zero-order valence-electron chi connectivity index (χ0n) is 13.1. The van der Waals surface area contributed by atoms with Gasteiger partial charge in [0.25, 0.3) is 5.91 Å². The van der Waals surface area contributed by atoms with Crippen LogP contribution in [0.4, 0.5) is 4.39 Å². The van der Waals surface area contributed by atoms with Crippen LogP contribution in [-0.2, 0) is 0 Å². The zero-order valence-corrected chi connectivity index (χ0v) is 13.1. The van der Waals surface area contributed by atoms with E-state index < -0.39 is 0 Å². The predicted octanol–water partition coefficient (Wildman–Crippen LogP) is 2.00. The van der Waals surface area contributed by atoms with Gasteiger partial charge < -0.3 is 10.2 Å². The maximum absolute atomic E-state index is 13.8. The lowest BCUT2D eigenvalue weighted by molar-refractivity contribution is 0.0951. The Kier molecular flexibility index (Phi) is 5.27. The molecule has 2 aromatic rings. The average molecular weight is 304 g/mol. The minimum absolute atomic E-state index is 0.182. The first kappa shape index (κ1) is 16.2. The van der Waals surface area contributed by atoms with Crippen LogP contribution in [0.25, 0.3) is 5.69 Å². The Morgan fingerprint density at radius 3 is 2.77 bits per heavy atom. The van der Waals surface area contributed by atoms with Crippen LogP contribution in [0.2, 0.25) is 0 Å². The number of hydrogen-bond donors (Lipinski definition) is 1. The molecule has 1 amide bonds. The number of nitrogens with zero attached hydrogens (tertiary/aromatic N) is 3. The molecule has 118 valence electrons. The molecule has 0 radical (unpaired) electrons. The molecule has 0 saturated carbocycles. The lowest BCUT2D eigenvalue weighted by Gasteiger charge is -2.10. The highest BCUT2D eigenvalue weighted by atomic mass is 19.1. The third-order valence-electron chi connectivity index (χ3n) is 3.40. The predicted molar refractivity (Wildman–Crippen MR) is 83.8 cm³/mol. The van der Waals surface area contributed by atoms with Crippen molar-refractivity contribution in [2.45, 2.75) is 13.3 Å². The van der Waals surface area contributed by atoms with Crippen LogP contribution in [0.5, 0.6) is 0 Å². The van der Waals surface area contributed by atoms with Crippen molar-refractivity contribution in [3.8, 4) is 5.69 Å². The molecule has 5 nitrogen and oxygen atoms in total. The Morgan fingerprint density at radius 2 is 2.09 bits per heavy atom. The minimum Gasteiger partial charge on any atom is -0.352 e. The summed E-state index contributed by atoms with van der Waals surface area (Å²) in [5, 5.41) is 6.99. The number of rotatable bonds is 6. The number of carbonyl (C=O) groups is 1. The van der Waals surface area contributed by atoms with E-state index in [0.717, 1.165) is 13.0 Å². The van der Waals surface area contributed by atoms with Crippen molar-refractivity contribution in [3.63, 3.8) is 0 Å². The fourth-order valence-corrected chi connectivity index (χ4v) is 2.19. The third-order valence-corrected chi connectivity index (χ3v) is 3.40. The molecule has 0 aliphatic heterocycles. The molecule has 0 saturated heterocycles. The number of para-hydroxylation sites is 1. The van der Waals surface area contributed by atoms with Gasteiger partial charge in [0, 0.05) is 6.54 Å². The van der Waals surface area contributed by atoms with Crippen LogP contribution in [0.15, 0.2) is 30.5 Å². The number of hydrogen-bond acceptors (Lipinski definition) is 3. The summed E-state index contributed by atoms with van der Waals surface area (Å²) < 4.78 is 15.3. The molecule has 1 aromatic carbocycles. The second-order valence-corrected chi connectivity index (χ2v) is 5.42. The molecular formula is C16H21FN4O. The SMILES string of the molecule is Cc1c(C(=O)NCCCN(C)C)cnn1-c1ccccc1F. The second-order valence-electron chi connectivity index (χ2n) is 5.42. The number of nitrogens with one attached hydrogen (secondary N) is 1. The van der Waals surface area contributed by atoms with Crippen LogP contribution in [0, 0.1) is 12.7 Å². The van der Waals surface area contributed by atoms with Gasteiger partial charge in [0.1, 0.15) is 11.5 Å². The highest BCUT2D eigenvalue weighted by molar-refractivity contribution is 5.95. The Labute approximate surface area is 129 Å². The zero-order chi connectivity index (χ0) is 16.1. The summed E-state index contributed by atoms with van der Waals surface area (Å²) in [6.45, 7) is 3.27. The molecule has 0 fully saturated rings. The van der Waals surface area contributed by atoms with Crippen molar-refractivity contribution in [3.05, 3.63) is 47.5 Å². The van der Waals surface area contributed by atoms with E-state index in [-0.39, 0.29) is 11.7 Å². The summed E-state index contributed by atoms with van der Waals surface area (Å²) in [6.07, 6.45) is 2.35. The summed E-state index contributed by atoms with van der Waals surface area (Å²) in [5.74, 6) is -0.550. The molecule has 0 aliphatic rings. The summed E-state index contributed by atoms with van der Waals surface area (Å²) >= 11 is 0. The highest BCUT2D eigenvalue weighted by Gasteiger charge is 2.16. The van der Waals surface area contributed by atoms with Crippen LogP contribution in [0.1, 0.15) is 22.5 Å². The van der Waals surface area contributed by atoms with E-state index in [0.29, 0.717) is 23.5 Å². The van der Waals surface area contributed by atoms with Gasteiger partial charge in [0.15, 0.2) is 0 Å². The van der Waals surface area contributed by atoms with Crippen molar-refractivity contribution < 1.29 is 9.18 Å². The molecule has 0 aliphatic carbocycles. The topological polar surface area (TPSA) is 50.2 Å². The van der Waals surface area contributed by atoms with Gasteiger partial charge in [-0.25, -0.2) is 9.07 Å². The van der Waals surface area contributed by atoms with E-state index in [4.69, 9.17) is 0 Å². The number of amides is 1. The van der Waals surface area contributed by atoms with Crippen molar-refractivity contribution >= 4 is 5.91 Å². The first-order valence-electron chi connectivity index (χ1n) is 7.23. The van der Waals surface area contributed by atoms with Crippen molar-refractivity contribution in [1.29, 1.82) is 0 Å². The molecule has 0 unspecified atom stereocenters. The van der Waals surface area contributed by atoms with Gasteiger partial charge >= 0.3 is 0 Å². The molecule has 6 heteroatoms. The number of benzene rings is 1. The fourth-order valence-electron chi connectivity index (χ4n) is 2.19. The summed E-state index contributed by atoms with van der Waals surface area (Å²) in [4.78, 5) is 14.2. The van der Waals surface area contributed by atoms with E-state index in [1.54, 1.807) is 25.1 Å². The molecule has 22 heavy (non-hydrogen) atoms. The quantitative estimate of drug-likeness (QED) is 0.831. The summed E-state index contributed by atoms with van der Waals surface area (Å²) in [6, 6.07) is 6.36. The molecule has 0 spiro atoms. The van der Waals surface area contributed by atoms with E-state index in [2.05, 4.69) is 15.3 Å². The largest absolute Gasteiger partial charge is 0.352 e. The lowest BCUT2D eigenvalue weighted by Crippen LogP contribution is -2.27. The monoisotopic (exact) mass is 304 g/mol. The number of carbonyl (C=O) groups excluding carboxylic acids is 1. The van der Waals surface area contributed by atoms with E-state index in [1.165, 1.54) is 16.9 Å². The van der Waals surface area contributed by atoms with Gasteiger partial charge in [0.05, 0.1) is 17.5 Å². The van der Waals surface area contributed by atoms with Crippen LogP contribution < -0.4 is 5.32 Å². The first-order valence-corrected chi connectivity index (χ1v) is 7.23. The summed E-state index contributed by atoms with van der Waals surface area (Å²) in [7, 11) is 3.98. The smallest absolute Gasteiger partial charge is 0.254 e. The fraction of sp³-hybridized carbons (Fsp3) is 0.375. The standard InChI is InChI=1S/C16H21FN4O/c1-12-13(16(22)18-9-6-10-20(2)3)11-19-21(12)15-8-5-4-7-14(15)17/h4-5,7-8,11H,6,9-10H2,1-3H3,(H,18,22). The van der Waals surface area contributed by atoms with E-state index in [1.807, 2.05) is 14.1 Å². The van der Waals surface area contributed by atoms with Crippen LogP contribution in [0.3, 0.4) is 0 Å². The van der Waals surface area contributed by atoms with Gasteiger partial charge in [-0.05, 0) is 46.1 Å².